The van der Waals surface area contributed by atoms with Gasteiger partial charge in [0, 0.05) is 28.8 Å². The second-order valence-electron chi connectivity index (χ2n) is 2.53. The molecule has 0 spiro atoms. The minimum atomic E-state index is -0.873. The molecule has 0 aliphatic rings. The Morgan fingerprint density at radius 1 is 1.33 bits per heavy atom. The van der Waals surface area contributed by atoms with E-state index in [1.807, 2.05) is 0 Å². The van der Waals surface area contributed by atoms with Crippen molar-refractivity contribution in [2.24, 2.45) is 5.92 Å². The first-order chi connectivity index (χ1) is 5.04. The fourth-order valence-electron chi connectivity index (χ4n) is 0.683. The third-order valence-electron chi connectivity index (χ3n) is 1.45. The van der Waals surface area contributed by atoms with Gasteiger partial charge in [-0.1, -0.05) is 6.92 Å². The molecule has 0 aromatic carbocycles. The van der Waals surface area contributed by atoms with Gasteiger partial charge >= 0.3 is 11.9 Å². The van der Waals surface area contributed by atoms with Gasteiger partial charge in [-0.15, -0.1) is 0 Å². The summed E-state index contributed by atoms with van der Waals surface area (Å²) in [4.78, 5) is 20.2. The Kier molecular flexibility index (Phi) is 8.69. The van der Waals surface area contributed by atoms with Crippen LogP contribution in [0.2, 0.25) is 0 Å². The van der Waals surface area contributed by atoms with Gasteiger partial charge in [0.25, 0.3) is 0 Å². The zero-order valence-corrected chi connectivity index (χ0v) is 8.19. The van der Waals surface area contributed by atoms with Gasteiger partial charge in [0.15, 0.2) is 0 Å². The standard InChI is InChI=1S/C7H12O4.Ag/c1-5(7(10)11)3-2-4-6(8)9;/h5H,2-4H2,1H3,(H,8,9)(H,10,11);. The van der Waals surface area contributed by atoms with Crippen LogP contribution in [-0.2, 0) is 32.0 Å². The number of carbonyl (C=O) groups is 2. The monoisotopic (exact) mass is 267 g/mol. The van der Waals surface area contributed by atoms with Crippen molar-refractivity contribution in [1.29, 1.82) is 0 Å². The summed E-state index contributed by atoms with van der Waals surface area (Å²) in [6.07, 6.45) is 0.919. The fourth-order valence-corrected chi connectivity index (χ4v) is 0.683. The molecule has 0 aliphatic carbocycles. The van der Waals surface area contributed by atoms with Gasteiger partial charge in [-0.25, -0.2) is 0 Å². The zero-order valence-electron chi connectivity index (χ0n) is 6.71. The van der Waals surface area contributed by atoms with Crippen molar-refractivity contribution in [1.82, 2.24) is 0 Å². The molecule has 0 aliphatic heterocycles. The molecule has 0 saturated carbocycles. The number of aliphatic carboxylic acids is 2. The molecule has 2 N–H and O–H groups in total. The van der Waals surface area contributed by atoms with Crippen LogP contribution in [0.1, 0.15) is 26.2 Å². The maximum Gasteiger partial charge on any atom is 0.306 e. The van der Waals surface area contributed by atoms with E-state index in [-0.39, 0.29) is 28.8 Å². The van der Waals surface area contributed by atoms with Crippen molar-refractivity contribution >= 4 is 11.9 Å². The van der Waals surface area contributed by atoms with Crippen molar-refractivity contribution in [2.75, 3.05) is 0 Å². The summed E-state index contributed by atoms with van der Waals surface area (Å²) < 4.78 is 0. The maximum absolute atomic E-state index is 10.2. The molecule has 0 rings (SSSR count). The van der Waals surface area contributed by atoms with Crippen molar-refractivity contribution in [3.63, 3.8) is 0 Å². The average molecular weight is 268 g/mol. The van der Waals surface area contributed by atoms with Crippen molar-refractivity contribution < 1.29 is 42.2 Å². The molecule has 0 fully saturated rings. The summed E-state index contributed by atoms with van der Waals surface area (Å²) in [6.45, 7) is 1.57. The molecule has 5 heteroatoms. The Morgan fingerprint density at radius 3 is 2.17 bits per heavy atom. The molecule has 0 amide bonds. The van der Waals surface area contributed by atoms with Crippen LogP contribution in [0.5, 0.6) is 0 Å². The summed E-state index contributed by atoms with van der Waals surface area (Å²) in [5.41, 5.74) is 0. The van der Waals surface area contributed by atoms with Crippen LogP contribution in [0.3, 0.4) is 0 Å². The first-order valence-electron chi connectivity index (χ1n) is 3.48. The maximum atomic E-state index is 10.2. The Bertz CT molecular complexity index is 157. The third-order valence-corrected chi connectivity index (χ3v) is 1.45. The number of hydrogen-bond donors (Lipinski definition) is 2. The zero-order chi connectivity index (χ0) is 8.85. The molecule has 0 saturated heterocycles. The fraction of sp³-hybridized carbons (Fsp3) is 0.714. The van der Waals surface area contributed by atoms with Gasteiger partial charge in [0.2, 0.25) is 0 Å². The Hall–Kier alpha value is -0.320. The van der Waals surface area contributed by atoms with Gasteiger partial charge < -0.3 is 10.2 Å². The van der Waals surface area contributed by atoms with E-state index in [2.05, 4.69) is 0 Å². The van der Waals surface area contributed by atoms with E-state index in [4.69, 9.17) is 10.2 Å². The van der Waals surface area contributed by atoms with Crippen LogP contribution in [-0.4, -0.2) is 22.2 Å². The van der Waals surface area contributed by atoms with E-state index in [0.29, 0.717) is 12.8 Å². The molecule has 0 heterocycles. The molecule has 1 atom stereocenters. The van der Waals surface area contributed by atoms with E-state index in [0.717, 1.165) is 0 Å². The number of carboxylic acids is 2. The van der Waals surface area contributed by atoms with Crippen LogP contribution >= 0.6 is 0 Å². The summed E-state index contributed by atoms with van der Waals surface area (Å²) in [5.74, 6) is -2.17. The summed E-state index contributed by atoms with van der Waals surface area (Å²) in [5, 5.41) is 16.6. The Balaban J connectivity index is 0. The molecule has 1 unspecified atom stereocenters. The average Bonchev–Trinajstić information content (AvgIpc) is 1.86. The molecule has 0 aromatic rings. The van der Waals surface area contributed by atoms with Gasteiger partial charge in [0.05, 0.1) is 5.92 Å². The van der Waals surface area contributed by atoms with Crippen molar-refractivity contribution in [3.05, 3.63) is 0 Å². The minimum Gasteiger partial charge on any atom is -0.481 e. The van der Waals surface area contributed by atoms with Crippen LogP contribution in [0.15, 0.2) is 0 Å². The van der Waals surface area contributed by atoms with Crippen molar-refractivity contribution in [3.8, 4) is 0 Å². The molecule has 4 nitrogen and oxygen atoms in total. The summed E-state index contributed by atoms with van der Waals surface area (Å²) in [6, 6.07) is 0. The molecule has 75 valence electrons. The second-order valence-corrected chi connectivity index (χ2v) is 2.53. The van der Waals surface area contributed by atoms with E-state index < -0.39 is 17.9 Å². The Labute approximate surface area is 86.5 Å². The molecule has 0 bridgehead atoms. The van der Waals surface area contributed by atoms with E-state index in [1.165, 1.54) is 0 Å². The minimum absolute atomic E-state index is 0. The van der Waals surface area contributed by atoms with Gasteiger partial charge in [-0.05, 0) is 12.8 Å². The molecule has 0 aromatic heterocycles. The molecule has 12 heavy (non-hydrogen) atoms. The van der Waals surface area contributed by atoms with Gasteiger partial charge in [0.1, 0.15) is 0 Å². The number of carboxylic acid groups (broad SMARTS) is 2. The summed E-state index contributed by atoms with van der Waals surface area (Å²) >= 11 is 0. The van der Waals surface area contributed by atoms with Crippen LogP contribution in [0.4, 0.5) is 0 Å². The SMILES string of the molecule is CC(CCCC(=O)O)C(=O)O.[Ag]. The summed E-state index contributed by atoms with van der Waals surface area (Å²) in [7, 11) is 0. The smallest absolute Gasteiger partial charge is 0.306 e. The van der Waals surface area contributed by atoms with E-state index in [9.17, 15) is 9.59 Å². The normalized spacial score (nSPS) is 11.4. The van der Waals surface area contributed by atoms with E-state index >= 15 is 0 Å². The molecular weight excluding hydrogens is 256 g/mol. The van der Waals surface area contributed by atoms with Gasteiger partial charge in [-0.3, -0.25) is 9.59 Å². The predicted molar refractivity (Wildman–Crippen MR) is 38.3 cm³/mol. The van der Waals surface area contributed by atoms with Crippen LogP contribution in [0.25, 0.3) is 0 Å². The van der Waals surface area contributed by atoms with Crippen LogP contribution < -0.4 is 0 Å². The van der Waals surface area contributed by atoms with Crippen molar-refractivity contribution in [2.45, 2.75) is 26.2 Å². The molecular formula is C7H12AgO4. The topological polar surface area (TPSA) is 74.6 Å². The third kappa shape index (κ3) is 7.78. The van der Waals surface area contributed by atoms with E-state index in [1.54, 1.807) is 6.92 Å². The van der Waals surface area contributed by atoms with Gasteiger partial charge in [-0.2, -0.15) is 0 Å². The second kappa shape index (κ2) is 7.34. The Morgan fingerprint density at radius 2 is 1.83 bits per heavy atom. The first-order valence-corrected chi connectivity index (χ1v) is 3.48. The largest absolute Gasteiger partial charge is 0.481 e. The van der Waals surface area contributed by atoms with Crippen LogP contribution in [0, 0.1) is 5.92 Å². The first kappa shape index (κ1) is 14.2. The predicted octanol–water partition coefficient (Wildman–Crippen LogP) is 0.960. The molecule has 1 radical (unpaired) electrons. The number of rotatable bonds is 5. The number of hydrogen-bond acceptors (Lipinski definition) is 2. The quantitative estimate of drug-likeness (QED) is 0.728.